The van der Waals surface area contributed by atoms with E-state index in [1.165, 1.54) is 25.1 Å². The summed E-state index contributed by atoms with van der Waals surface area (Å²) >= 11 is 6.08. The molecular weight excluding hydrogens is 264 g/mol. The summed E-state index contributed by atoms with van der Waals surface area (Å²) < 4.78 is 0. The molecule has 1 aliphatic carbocycles. The fourth-order valence-corrected chi connectivity index (χ4v) is 2.90. The lowest BCUT2D eigenvalue weighted by atomic mass is 9.75. The van der Waals surface area contributed by atoms with Crippen LogP contribution in [-0.2, 0) is 0 Å². The third-order valence-electron chi connectivity index (χ3n) is 3.63. The smallest absolute Gasteiger partial charge is 0.337 e. The summed E-state index contributed by atoms with van der Waals surface area (Å²) in [4.78, 5) is 14.9. The van der Waals surface area contributed by atoms with E-state index in [1.54, 1.807) is 0 Å². The molecule has 104 valence electrons. The van der Waals surface area contributed by atoms with E-state index in [0.29, 0.717) is 22.3 Å². The van der Waals surface area contributed by atoms with E-state index in [4.69, 9.17) is 16.7 Å². The minimum atomic E-state index is -1.01. The average Bonchev–Trinajstić information content (AvgIpc) is 2.30. The number of pyridine rings is 1. The summed E-state index contributed by atoms with van der Waals surface area (Å²) in [5.41, 5.74) is 0.447. The van der Waals surface area contributed by atoms with Gasteiger partial charge >= 0.3 is 5.97 Å². The van der Waals surface area contributed by atoms with Gasteiger partial charge in [0.25, 0.3) is 0 Å². The minimum Gasteiger partial charge on any atom is -0.478 e. The first-order chi connectivity index (χ1) is 8.87. The molecule has 19 heavy (non-hydrogen) atoms. The molecule has 0 aromatic carbocycles. The van der Waals surface area contributed by atoms with Gasteiger partial charge in [-0.3, -0.25) is 0 Å². The highest BCUT2D eigenvalue weighted by molar-refractivity contribution is 6.33. The number of nitrogens with one attached hydrogen (secondary N) is 1. The zero-order chi connectivity index (χ0) is 14.0. The van der Waals surface area contributed by atoms with Crippen molar-refractivity contribution in [3.63, 3.8) is 0 Å². The van der Waals surface area contributed by atoms with Crippen LogP contribution in [0.25, 0.3) is 0 Å². The Bertz CT molecular complexity index is 488. The number of halogens is 1. The molecule has 0 radical (unpaired) electrons. The van der Waals surface area contributed by atoms with Crippen molar-refractivity contribution in [1.82, 2.24) is 4.98 Å². The monoisotopic (exact) mass is 282 g/mol. The van der Waals surface area contributed by atoms with Crippen molar-refractivity contribution in [3.8, 4) is 0 Å². The topological polar surface area (TPSA) is 62.2 Å². The van der Waals surface area contributed by atoms with Crippen LogP contribution in [0.4, 0.5) is 5.82 Å². The summed E-state index contributed by atoms with van der Waals surface area (Å²) in [5.74, 6) is -0.436. The summed E-state index contributed by atoms with van der Waals surface area (Å²) in [6.07, 6.45) is 5.94. The van der Waals surface area contributed by atoms with Gasteiger partial charge in [0, 0.05) is 12.2 Å². The predicted octanol–water partition coefficient (Wildman–Crippen LogP) is 3.81. The Labute approximate surface area is 118 Å². The highest BCUT2D eigenvalue weighted by Crippen LogP contribution is 2.36. The van der Waals surface area contributed by atoms with Gasteiger partial charge in [0.15, 0.2) is 0 Å². The molecule has 1 atom stereocenters. The van der Waals surface area contributed by atoms with Crippen molar-refractivity contribution in [1.29, 1.82) is 0 Å². The lowest BCUT2D eigenvalue weighted by Gasteiger charge is -2.35. The Kier molecular flexibility index (Phi) is 3.99. The van der Waals surface area contributed by atoms with Gasteiger partial charge in [-0.25, -0.2) is 9.78 Å². The van der Waals surface area contributed by atoms with E-state index >= 15 is 0 Å². The number of rotatable bonds is 3. The highest BCUT2D eigenvalue weighted by atomic mass is 35.5. The van der Waals surface area contributed by atoms with E-state index in [1.807, 2.05) is 0 Å². The number of hydrogen-bond acceptors (Lipinski definition) is 3. The van der Waals surface area contributed by atoms with Crippen LogP contribution in [0.1, 0.15) is 49.9 Å². The normalized spacial score (nSPS) is 21.9. The predicted molar refractivity (Wildman–Crippen MR) is 75.9 cm³/mol. The van der Waals surface area contributed by atoms with Crippen molar-refractivity contribution < 1.29 is 9.90 Å². The van der Waals surface area contributed by atoms with Crippen LogP contribution in [0.2, 0.25) is 5.02 Å². The second-order valence-electron chi connectivity index (χ2n) is 5.96. The van der Waals surface area contributed by atoms with E-state index in [9.17, 15) is 4.79 Å². The molecule has 1 fully saturated rings. The molecule has 1 heterocycles. The van der Waals surface area contributed by atoms with Gasteiger partial charge in [-0.1, -0.05) is 31.9 Å². The Morgan fingerprint density at radius 1 is 1.58 bits per heavy atom. The van der Waals surface area contributed by atoms with Crippen LogP contribution >= 0.6 is 11.6 Å². The fraction of sp³-hybridized carbons (Fsp3) is 0.571. The Hall–Kier alpha value is -1.29. The van der Waals surface area contributed by atoms with E-state index < -0.39 is 5.97 Å². The molecule has 0 aliphatic heterocycles. The summed E-state index contributed by atoms with van der Waals surface area (Å²) in [5, 5.41) is 12.6. The molecule has 0 amide bonds. The van der Waals surface area contributed by atoms with Gasteiger partial charge in [0.2, 0.25) is 0 Å². The van der Waals surface area contributed by atoms with Gasteiger partial charge in [0.05, 0.1) is 10.6 Å². The first-order valence-electron chi connectivity index (χ1n) is 6.53. The molecule has 4 nitrogen and oxygen atoms in total. The number of carboxylic acid groups (broad SMARTS) is 1. The van der Waals surface area contributed by atoms with Crippen molar-refractivity contribution in [2.45, 2.75) is 45.6 Å². The first-order valence-corrected chi connectivity index (χ1v) is 6.90. The van der Waals surface area contributed by atoms with Crippen molar-refractivity contribution in [2.75, 3.05) is 5.32 Å². The fourth-order valence-electron chi connectivity index (χ4n) is 2.68. The molecule has 5 heteroatoms. The van der Waals surface area contributed by atoms with Gasteiger partial charge in [-0.05, 0) is 30.7 Å². The maximum atomic E-state index is 10.8. The number of carbonyl (C=O) groups is 1. The van der Waals surface area contributed by atoms with E-state index in [-0.39, 0.29) is 5.56 Å². The summed E-state index contributed by atoms with van der Waals surface area (Å²) in [6.45, 7) is 4.53. The Morgan fingerprint density at radius 2 is 2.32 bits per heavy atom. The second kappa shape index (κ2) is 5.37. The molecule has 1 aromatic heterocycles. The Balaban J connectivity index is 2.09. The van der Waals surface area contributed by atoms with Gasteiger partial charge in [-0.15, -0.1) is 0 Å². The number of hydrogen-bond donors (Lipinski definition) is 2. The quantitative estimate of drug-likeness (QED) is 0.885. The Morgan fingerprint density at radius 3 is 2.89 bits per heavy atom. The van der Waals surface area contributed by atoms with Crippen molar-refractivity contribution >= 4 is 23.4 Å². The first kappa shape index (κ1) is 14.1. The number of aromatic nitrogens is 1. The van der Waals surface area contributed by atoms with Gasteiger partial charge < -0.3 is 10.4 Å². The molecule has 1 saturated carbocycles. The maximum absolute atomic E-state index is 10.8. The summed E-state index contributed by atoms with van der Waals surface area (Å²) in [6, 6.07) is 1.79. The second-order valence-corrected chi connectivity index (χ2v) is 6.37. The minimum absolute atomic E-state index is 0.111. The molecule has 2 rings (SSSR count). The molecule has 0 spiro atoms. The molecule has 1 aromatic rings. The number of anilines is 1. The number of aromatic carboxylic acids is 1. The van der Waals surface area contributed by atoms with Crippen LogP contribution in [0.3, 0.4) is 0 Å². The highest BCUT2D eigenvalue weighted by Gasteiger charge is 2.28. The summed E-state index contributed by atoms with van der Waals surface area (Å²) in [7, 11) is 0. The zero-order valence-electron chi connectivity index (χ0n) is 11.2. The number of nitrogens with zero attached hydrogens (tertiary/aromatic N) is 1. The number of carboxylic acids is 1. The molecule has 0 saturated heterocycles. The molecular formula is C14H19ClN2O2. The van der Waals surface area contributed by atoms with Gasteiger partial charge in [0.1, 0.15) is 5.82 Å². The van der Waals surface area contributed by atoms with Crippen molar-refractivity contribution in [3.05, 3.63) is 22.8 Å². The molecule has 1 unspecified atom stereocenters. The zero-order valence-corrected chi connectivity index (χ0v) is 12.0. The van der Waals surface area contributed by atoms with E-state index in [0.717, 1.165) is 12.8 Å². The third-order valence-corrected chi connectivity index (χ3v) is 3.92. The van der Waals surface area contributed by atoms with E-state index in [2.05, 4.69) is 24.1 Å². The maximum Gasteiger partial charge on any atom is 0.337 e. The van der Waals surface area contributed by atoms with Crippen LogP contribution in [0.5, 0.6) is 0 Å². The molecule has 0 bridgehead atoms. The van der Waals surface area contributed by atoms with Crippen molar-refractivity contribution in [2.24, 2.45) is 5.41 Å². The SMILES string of the molecule is CC1(C)CCCC(Nc2ncc(C(=O)O)cc2Cl)C1. The molecule has 2 N–H and O–H groups in total. The van der Waals surface area contributed by atoms with Gasteiger partial charge in [-0.2, -0.15) is 0 Å². The van der Waals surface area contributed by atoms with Crippen LogP contribution in [0.15, 0.2) is 12.3 Å². The average molecular weight is 283 g/mol. The lowest BCUT2D eigenvalue weighted by Crippen LogP contribution is -2.32. The van der Waals surface area contributed by atoms with Crippen LogP contribution in [0, 0.1) is 5.41 Å². The third kappa shape index (κ3) is 3.60. The molecule has 1 aliphatic rings. The van der Waals surface area contributed by atoms with Crippen LogP contribution in [-0.4, -0.2) is 22.1 Å². The standard InChI is InChI=1S/C14H19ClN2O2/c1-14(2)5-3-4-10(7-14)17-12-11(15)6-9(8-16-12)13(18)19/h6,8,10H,3-5,7H2,1-2H3,(H,16,17)(H,18,19). The lowest BCUT2D eigenvalue weighted by molar-refractivity contribution is 0.0696. The largest absolute Gasteiger partial charge is 0.478 e. The van der Waals surface area contributed by atoms with Crippen LogP contribution < -0.4 is 5.32 Å².